The molecule has 0 spiro atoms. The first-order valence-electron chi connectivity index (χ1n) is 4.98. The van der Waals surface area contributed by atoms with Gasteiger partial charge in [-0.1, -0.05) is 18.2 Å². The third kappa shape index (κ3) is 3.06. The van der Waals surface area contributed by atoms with E-state index in [0.717, 1.165) is 0 Å². The summed E-state index contributed by atoms with van der Waals surface area (Å²) in [6.45, 7) is 1.88. The maximum Gasteiger partial charge on any atom is 0.323 e. The summed E-state index contributed by atoms with van der Waals surface area (Å²) in [6, 6.07) is 7.90. The van der Waals surface area contributed by atoms with Crippen molar-refractivity contribution in [1.82, 2.24) is 0 Å². The molecule has 0 radical (unpaired) electrons. The molecule has 0 aliphatic carbocycles. The van der Waals surface area contributed by atoms with E-state index in [1.807, 2.05) is 6.07 Å². The topological polar surface area (TPSA) is 50.1 Å². The lowest BCUT2D eigenvalue weighted by molar-refractivity contribution is -0.145. The van der Waals surface area contributed by atoms with Gasteiger partial charge < -0.3 is 4.74 Å². The Morgan fingerprint density at radius 1 is 1.56 bits per heavy atom. The first-order valence-corrected chi connectivity index (χ1v) is 4.98. The number of hydrogen-bond acceptors (Lipinski definition) is 3. The van der Waals surface area contributed by atoms with E-state index >= 15 is 0 Å². The number of carbonyl (C=O) groups excluding carboxylic acids is 1. The molecular weight excluding hydrogens is 209 g/mol. The molecule has 0 aromatic heterocycles. The molecule has 1 aromatic rings. The molecule has 0 aliphatic rings. The second kappa shape index (κ2) is 5.86. The van der Waals surface area contributed by atoms with Crippen LogP contribution in [0.5, 0.6) is 0 Å². The SMILES string of the molecule is CCOC(=O)C(C#N)Cc1ccccc1F. The monoisotopic (exact) mass is 221 g/mol. The first kappa shape index (κ1) is 12.2. The first-order chi connectivity index (χ1) is 7.69. The van der Waals surface area contributed by atoms with Crippen LogP contribution in [0.1, 0.15) is 12.5 Å². The molecule has 0 amide bonds. The average Bonchev–Trinajstić information content (AvgIpc) is 2.28. The van der Waals surface area contributed by atoms with E-state index in [0.29, 0.717) is 5.56 Å². The largest absolute Gasteiger partial charge is 0.465 e. The molecule has 4 heteroatoms. The van der Waals surface area contributed by atoms with Gasteiger partial charge in [0.1, 0.15) is 11.7 Å². The molecule has 0 fully saturated rings. The number of halogens is 1. The van der Waals surface area contributed by atoms with Crippen LogP contribution in [0.4, 0.5) is 4.39 Å². The Bertz CT molecular complexity index is 412. The number of ether oxygens (including phenoxy) is 1. The quantitative estimate of drug-likeness (QED) is 0.731. The molecule has 1 rings (SSSR count). The normalized spacial score (nSPS) is 11.6. The summed E-state index contributed by atoms with van der Waals surface area (Å²) in [5.74, 6) is -1.96. The molecule has 1 unspecified atom stereocenters. The fourth-order valence-electron chi connectivity index (χ4n) is 1.31. The number of benzene rings is 1. The van der Waals surface area contributed by atoms with Crippen molar-refractivity contribution in [2.45, 2.75) is 13.3 Å². The van der Waals surface area contributed by atoms with Gasteiger partial charge in [-0.3, -0.25) is 4.79 Å². The van der Waals surface area contributed by atoms with Gasteiger partial charge in [0.05, 0.1) is 12.7 Å². The second-order valence-electron chi connectivity index (χ2n) is 3.23. The highest BCUT2D eigenvalue weighted by molar-refractivity contribution is 5.75. The summed E-state index contributed by atoms with van der Waals surface area (Å²) in [6.07, 6.45) is 0.0437. The van der Waals surface area contributed by atoms with Crippen LogP contribution in [0, 0.1) is 23.1 Å². The number of rotatable bonds is 4. The standard InChI is InChI=1S/C12H12FNO2/c1-2-16-12(15)10(8-14)7-9-5-3-4-6-11(9)13/h3-6,10H,2,7H2,1H3. The van der Waals surface area contributed by atoms with Crippen molar-refractivity contribution in [2.24, 2.45) is 5.92 Å². The molecule has 16 heavy (non-hydrogen) atoms. The van der Waals surface area contributed by atoms with Crippen molar-refractivity contribution in [2.75, 3.05) is 6.61 Å². The van der Waals surface area contributed by atoms with Gasteiger partial charge >= 0.3 is 5.97 Å². The summed E-state index contributed by atoms with van der Waals surface area (Å²) in [5.41, 5.74) is 0.349. The molecule has 0 aliphatic heterocycles. The molecular formula is C12H12FNO2. The Morgan fingerprint density at radius 2 is 2.25 bits per heavy atom. The minimum absolute atomic E-state index is 0.0437. The highest BCUT2D eigenvalue weighted by atomic mass is 19.1. The van der Waals surface area contributed by atoms with E-state index in [-0.39, 0.29) is 13.0 Å². The molecule has 3 nitrogen and oxygen atoms in total. The summed E-state index contributed by atoms with van der Waals surface area (Å²) in [4.78, 5) is 11.3. The molecule has 0 saturated heterocycles. The Labute approximate surface area is 93.5 Å². The summed E-state index contributed by atoms with van der Waals surface area (Å²) >= 11 is 0. The smallest absolute Gasteiger partial charge is 0.323 e. The molecule has 0 saturated carbocycles. The molecule has 0 N–H and O–H groups in total. The molecule has 1 atom stereocenters. The number of esters is 1. The van der Waals surface area contributed by atoms with Crippen molar-refractivity contribution in [3.8, 4) is 6.07 Å². The molecule has 1 aromatic carbocycles. The van der Waals surface area contributed by atoms with Gasteiger partial charge in [0.25, 0.3) is 0 Å². The highest BCUT2D eigenvalue weighted by Crippen LogP contribution is 2.13. The summed E-state index contributed by atoms with van der Waals surface area (Å²) in [5, 5.41) is 8.80. The Balaban J connectivity index is 2.75. The van der Waals surface area contributed by atoms with Gasteiger partial charge in [0.2, 0.25) is 0 Å². The third-order valence-corrected chi connectivity index (χ3v) is 2.11. The lowest BCUT2D eigenvalue weighted by Gasteiger charge is -2.08. The molecule has 0 bridgehead atoms. The van der Waals surface area contributed by atoms with Crippen LogP contribution in [-0.2, 0) is 16.0 Å². The number of hydrogen-bond donors (Lipinski definition) is 0. The van der Waals surface area contributed by atoms with Crippen molar-refractivity contribution < 1.29 is 13.9 Å². The van der Waals surface area contributed by atoms with Crippen molar-refractivity contribution >= 4 is 5.97 Å². The van der Waals surface area contributed by atoms with Crippen LogP contribution in [0.3, 0.4) is 0 Å². The average molecular weight is 221 g/mol. The fourth-order valence-corrected chi connectivity index (χ4v) is 1.31. The zero-order valence-electron chi connectivity index (χ0n) is 8.94. The maximum atomic E-state index is 13.3. The van der Waals surface area contributed by atoms with E-state index in [4.69, 9.17) is 10.00 Å². The number of carbonyl (C=O) groups is 1. The Morgan fingerprint density at radius 3 is 2.81 bits per heavy atom. The predicted molar refractivity (Wildman–Crippen MR) is 55.8 cm³/mol. The number of nitriles is 1. The van der Waals surface area contributed by atoms with E-state index in [1.54, 1.807) is 25.1 Å². The van der Waals surface area contributed by atoms with E-state index in [9.17, 15) is 9.18 Å². The van der Waals surface area contributed by atoms with Crippen LogP contribution in [0.15, 0.2) is 24.3 Å². The lowest BCUT2D eigenvalue weighted by atomic mass is 10.0. The summed E-state index contributed by atoms with van der Waals surface area (Å²) in [7, 11) is 0. The third-order valence-electron chi connectivity index (χ3n) is 2.11. The van der Waals surface area contributed by atoms with Crippen molar-refractivity contribution in [3.63, 3.8) is 0 Å². The van der Waals surface area contributed by atoms with Crippen LogP contribution in [0.2, 0.25) is 0 Å². The van der Waals surface area contributed by atoms with E-state index in [2.05, 4.69) is 0 Å². The minimum atomic E-state index is -0.947. The van der Waals surface area contributed by atoms with Crippen LogP contribution in [0.25, 0.3) is 0 Å². The zero-order chi connectivity index (χ0) is 12.0. The predicted octanol–water partition coefficient (Wildman–Crippen LogP) is 2.07. The maximum absolute atomic E-state index is 13.3. The zero-order valence-corrected chi connectivity index (χ0v) is 8.94. The Hall–Kier alpha value is -1.89. The molecule has 0 heterocycles. The van der Waals surface area contributed by atoms with Gasteiger partial charge in [0.15, 0.2) is 0 Å². The van der Waals surface area contributed by atoms with Gasteiger partial charge in [-0.2, -0.15) is 5.26 Å². The lowest BCUT2D eigenvalue weighted by Crippen LogP contribution is -2.18. The van der Waals surface area contributed by atoms with Gasteiger partial charge in [-0.15, -0.1) is 0 Å². The van der Waals surface area contributed by atoms with Crippen LogP contribution < -0.4 is 0 Å². The highest BCUT2D eigenvalue weighted by Gasteiger charge is 2.20. The number of nitrogens with zero attached hydrogens (tertiary/aromatic N) is 1. The Kier molecular flexibility index (Phi) is 4.46. The molecule has 84 valence electrons. The van der Waals surface area contributed by atoms with Crippen molar-refractivity contribution in [3.05, 3.63) is 35.6 Å². The van der Waals surface area contributed by atoms with E-state index in [1.165, 1.54) is 6.07 Å². The summed E-state index contributed by atoms with van der Waals surface area (Å²) < 4.78 is 18.0. The van der Waals surface area contributed by atoms with Gasteiger partial charge in [-0.05, 0) is 18.6 Å². The fraction of sp³-hybridized carbons (Fsp3) is 0.333. The minimum Gasteiger partial charge on any atom is -0.465 e. The second-order valence-corrected chi connectivity index (χ2v) is 3.23. The van der Waals surface area contributed by atoms with Gasteiger partial charge in [-0.25, -0.2) is 4.39 Å². The van der Waals surface area contributed by atoms with Crippen molar-refractivity contribution in [1.29, 1.82) is 5.26 Å². The van der Waals surface area contributed by atoms with Gasteiger partial charge in [0, 0.05) is 6.42 Å². The van der Waals surface area contributed by atoms with Crippen LogP contribution in [-0.4, -0.2) is 12.6 Å². The van der Waals surface area contributed by atoms with Crippen LogP contribution >= 0.6 is 0 Å². The van der Waals surface area contributed by atoms with E-state index < -0.39 is 17.7 Å².